The summed E-state index contributed by atoms with van der Waals surface area (Å²) in [5, 5.41) is 3.22. The van der Waals surface area contributed by atoms with E-state index in [9.17, 15) is 9.18 Å². The van der Waals surface area contributed by atoms with Crippen LogP contribution in [0, 0.1) is 11.7 Å². The Bertz CT molecular complexity index is 1340. The molecule has 3 N–H and O–H groups in total. The highest BCUT2D eigenvalue weighted by Gasteiger charge is 2.34. The minimum atomic E-state index is -0.603. The Labute approximate surface area is 220 Å². The van der Waals surface area contributed by atoms with Crippen LogP contribution in [0.2, 0.25) is 0 Å². The van der Waals surface area contributed by atoms with E-state index in [4.69, 9.17) is 10.5 Å². The number of anilines is 4. The molecule has 2 saturated heterocycles. The number of carbonyl (C=O) groups excluding carboxylic acids is 1. The van der Waals surface area contributed by atoms with Crippen LogP contribution in [0.5, 0.6) is 0 Å². The molecule has 4 aliphatic rings. The summed E-state index contributed by atoms with van der Waals surface area (Å²) in [6, 6.07) is 8.61. The number of nitrogens with two attached hydrogens (primary N) is 1. The summed E-state index contributed by atoms with van der Waals surface area (Å²) in [7, 11) is 0. The first-order valence-electron chi connectivity index (χ1n) is 12.9. The number of benzene rings is 1. The monoisotopic (exact) mass is 515 g/mol. The fraction of sp³-hybridized carbons (Fsp3) is 0.321. The summed E-state index contributed by atoms with van der Waals surface area (Å²) in [5.74, 6) is -1.23. The second kappa shape index (κ2) is 10.4. The summed E-state index contributed by atoms with van der Waals surface area (Å²) >= 11 is 0. The maximum atomic E-state index is 15.0. The van der Waals surface area contributed by atoms with Gasteiger partial charge in [-0.05, 0) is 30.7 Å². The summed E-state index contributed by atoms with van der Waals surface area (Å²) in [5.41, 5.74) is 8.59. The smallest absolute Gasteiger partial charge is 0.247 e. The van der Waals surface area contributed by atoms with Crippen LogP contribution in [-0.4, -0.2) is 66.2 Å². The van der Waals surface area contributed by atoms with Crippen LogP contribution in [0.3, 0.4) is 0 Å². The molecule has 38 heavy (non-hydrogen) atoms. The molecular weight excluding hydrogens is 485 g/mol. The van der Waals surface area contributed by atoms with Crippen LogP contribution < -0.4 is 20.9 Å². The Hall–Kier alpha value is -4.02. The number of carbonyl (C=O) groups is 1. The molecule has 1 amide bonds. The first kappa shape index (κ1) is 24.3. The number of rotatable bonds is 6. The number of halogens is 1. The van der Waals surface area contributed by atoms with E-state index in [1.165, 1.54) is 0 Å². The number of allylic oxidation sites excluding steroid dienone is 5. The van der Waals surface area contributed by atoms with Crippen LogP contribution in [0.1, 0.15) is 6.42 Å². The Balaban J connectivity index is 1.20. The Morgan fingerprint density at radius 2 is 2.03 bits per heavy atom. The van der Waals surface area contributed by atoms with Gasteiger partial charge in [0, 0.05) is 73.6 Å². The van der Waals surface area contributed by atoms with Crippen molar-refractivity contribution >= 4 is 29.0 Å². The number of nitrogens with zero attached hydrogens (tertiary/aromatic N) is 5. The lowest BCUT2D eigenvalue weighted by atomic mass is 9.98. The van der Waals surface area contributed by atoms with Crippen molar-refractivity contribution in [2.75, 3.05) is 54.5 Å². The number of fused-ring (bicyclic) bond motifs is 1. The summed E-state index contributed by atoms with van der Waals surface area (Å²) in [4.78, 5) is 27.2. The third-order valence-electron chi connectivity index (χ3n) is 7.43. The fourth-order valence-corrected chi connectivity index (χ4v) is 5.44. The highest BCUT2D eigenvalue weighted by molar-refractivity contribution is 5.96. The Morgan fingerprint density at radius 3 is 2.82 bits per heavy atom. The largest absolute Gasteiger partial charge is 0.380 e. The van der Waals surface area contributed by atoms with Crippen LogP contribution >= 0.6 is 0 Å². The molecule has 4 heterocycles. The third kappa shape index (κ3) is 4.80. The molecule has 1 aromatic carbocycles. The molecular formula is C28H30FN7O2. The van der Waals surface area contributed by atoms with Crippen LogP contribution in [0.15, 0.2) is 78.3 Å². The molecule has 2 unspecified atom stereocenters. The molecule has 0 radical (unpaired) electrons. The molecule has 1 aliphatic carbocycles. The summed E-state index contributed by atoms with van der Waals surface area (Å²) in [6.07, 6.45) is 13.0. The van der Waals surface area contributed by atoms with Crippen molar-refractivity contribution in [3.05, 3.63) is 84.1 Å². The molecule has 10 heteroatoms. The number of hydrogen-bond donors (Lipinski definition) is 2. The van der Waals surface area contributed by atoms with E-state index in [-0.39, 0.29) is 17.7 Å². The quantitative estimate of drug-likeness (QED) is 0.606. The molecule has 6 rings (SSSR count). The maximum absolute atomic E-state index is 15.0. The number of piperazine rings is 1. The van der Waals surface area contributed by atoms with Crippen LogP contribution in [-0.2, 0) is 9.53 Å². The van der Waals surface area contributed by atoms with E-state index in [0.717, 1.165) is 63.4 Å². The van der Waals surface area contributed by atoms with Crippen molar-refractivity contribution in [3.8, 4) is 0 Å². The minimum absolute atomic E-state index is 0.0434. The van der Waals surface area contributed by atoms with Gasteiger partial charge in [0.25, 0.3) is 0 Å². The molecule has 0 spiro atoms. The van der Waals surface area contributed by atoms with E-state index in [2.05, 4.69) is 37.2 Å². The first-order chi connectivity index (χ1) is 18.6. The highest BCUT2D eigenvalue weighted by Crippen LogP contribution is 2.38. The van der Waals surface area contributed by atoms with Gasteiger partial charge in [0.05, 0.1) is 12.8 Å². The van der Waals surface area contributed by atoms with Crippen molar-refractivity contribution < 1.29 is 13.9 Å². The Morgan fingerprint density at radius 1 is 1.16 bits per heavy atom. The topological polar surface area (TPSA) is 99.8 Å². The summed E-state index contributed by atoms with van der Waals surface area (Å²) in [6.45, 7) is 5.60. The number of amides is 1. The van der Waals surface area contributed by atoms with Crippen molar-refractivity contribution in [2.24, 2.45) is 11.7 Å². The van der Waals surface area contributed by atoms with Crippen molar-refractivity contribution in [1.29, 1.82) is 0 Å². The van der Waals surface area contributed by atoms with Crippen molar-refractivity contribution in [2.45, 2.75) is 12.5 Å². The lowest BCUT2D eigenvalue weighted by molar-refractivity contribution is -0.114. The lowest BCUT2D eigenvalue weighted by Crippen LogP contribution is -2.50. The van der Waals surface area contributed by atoms with E-state index >= 15 is 0 Å². The number of aromatic nitrogens is 2. The average Bonchev–Trinajstić information content (AvgIpc) is 3.53. The standard InChI is InChI=1S/C28H30FN7O2/c29-24-16-31-28(33-27(24)36-17-23(26(30)37)22-7-2-1-3-8-25(22)36)32-19-5-4-6-20(15-19)34-10-12-35(13-11-34)21-9-14-38-18-21/h1-8,15-17,21-22H,9-14,18H2,(H2,30,37)(H,31,32,33). The molecule has 9 nitrogen and oxygen atoms in total. The zero-order valence-corrected chi connectivity index (χ0v) is 21.0. The van der Waals surface area contributed by atoms with Crippen LogP contribution in [0.4, 0.5) is 27.5 Å². The predicted octanol–water partition coefficient (Wildman–Crippen LogP) is 3.09. The highest BCUT2D eigenvalue weighted by atomic mass is 19.1. The van der Waals surface area contributed by atoms with E-state index < -0.39 is 11.7 Å². The molecule has 3 aliphatic heterocycles. The molecule has 2 aromatic rings. The predicted molar refractivity (Wildman–Crippen MR) is 144 cm³/mol. The van der Waals surface area contributed by atoms with E-state index in [1.807, 2.05) is 42.5 Å². The van der Waals surface area contributed by atoms with Gasteiger partial charge in [0.2, 0.25) is 11.9 Å². The molecule has 1 aromatic heterocycles. The normalized spacial score (nSPS) is 23.2. The van der Waals surface area contributed by atoms with Gasteiger partial charge in [0.1, 0.15) is 0 Å². The van der Waals surface area contributed by atoms with Gasteiger partial charge < -0.3 is 25.6 Å². The van der Waals surface area contributed by atoms with Gasteiger partial charge >= 0.3 is 0 Å². The van der Waals surface area contributed by atoms with E-state index in [0.29, 0.717) is 17.3 Å². The maximum Gasteiger partial charge on any atom is 0.247 e. The summed E-state index contributed by atoms with van der Waals surface area (Å²) < 4.78 is 20.5. The zero-order valence-electron chi connectivity index (χ0n) is 21.0. The second-order valence-corrected chi connectivity index (χ2v) is 9.74. The van der Waals surface area contributed by atoms with Gasteiger partial charge in [-0.3, -0.25) is 9.69 Å². The zero-order chi connectivity index (χ0) is 26.1. The Kier molecular flexibility index (Phi) is 6.65. The fourth-order valence-electron chi connectivity index (χ4n) is 5.44. The number of ether oxygens (including phenoxy) is 1. The molecule has 0 saturated carbocycles. The van der Waals surface area contributed by atoms with Gasteiger partial charge in [-0.2, -0.15) is 4.98 Å². The molecule has 0 bridgehead atoms. The molecule has 196 valence electrons. The van der Waals surface area contributed by atoms with Gasteiger partial charge in [-0.1, -0.05) is 30.4 Å². The molecule has 2 atom stereocenters. The second-order valence-electron chi connectivity index (χ2n) is 9.74. The van der Waals surface area contributed by atoms with E-state index in [1.54, 1.807) is 11.1 Å². The van der Waals surface area contributed by atoms with Crippen molar-refractivity contribution in [1.82, 2.24) is 14.9 Å². The lowest BCUT2D eigenvalue weighted by Gasteiger charge is -2.38. The van der Waals surface area contributed by atoms with Crippen LogP contribution in [0.25, 0.3) is 0 Å². The molecule has 2 fully saturated rings. The van der Waals surface area contributed by atoms with Crippen molar-refractivity contribution in [3.63, 3.8) is 0 Å². The third-order valence-corrected chi connectivity index (χ3v) is 7.43. The van der Waals surface area contributed by atoms with Gasteiger partial charge in [-0.25, -0.2) is 9.37 Å². The average molecular weight is 516 g/mol. The number of primary amides is 1. The minimum Gasteiger partial charge on any atom is -0.380 e. The number of hydrogen-bond acceptors (Lipinski definition) is 8. The SMILES string of the molecule is NC(=O)C1=CN(c2nc(Nc3cccc(N4CCN(C5CCOC5)CC4)c3)ncc2F)C2=CC=CC=CC12. The first-order valence-corrected chi connectivity index (χ1v) is 12.9. The number of nitrogens with one attached hydrogen (secondary N) is 1. The van der Waals surface area contributed by atoms with Gasteiger partial charge in [-0.15, -0.1) is 0 Å². The van der Waals surface area contributed by atoms with Gasteiger partial charge in [0.15, 0.2) is 11.6 Å².